The molecule has 0 aliphatic rings. The Morgan fingerprint density at radius 2 is 1.48 bits per heavy atom. The van der Waals surface area contributed by atoms with Crippen LogP contribution in [0.1, 0.15) is 0 Å². The number of carbonyl (C=O) groups excluding carboxylic acids is 1. The number of halogens is 1. The SMILES string of the molecule is NS(=O)(=O)c1ccc(NS(=O)(=O)CCNC(=O)Nc2ccc(F)cc2)cc1. The van der Waals surface area contributed by atoms with E-state index in [1.54, 1.807) is 0 Å². The number of hydrogen-bond acceptors (Lipinski definition) is 5. The molecule has 0 aliphatic carbocycles. The van der Waals surface area contributed by atoms with Crippen molar-refractivity contribution in [2.24, 2.45) is 5.14 Å². The molecule has 146 valence electrons. The Kier molecular flexibility index (Phi) is 6.36. The van der Waals surface area contributed by atoms with Crippen molar-refractivity contribution in [2.45, 2.75) is 4.90 Å². The standard InChI is InChI=1S/C15H17FN4O5S2/c16-11-1-3-12(4-2-11)19-15(21)18-9-10-26(22,23)20-13-5-7-14(8-6-13)27(17,24)25/h1-8,20H,9-10H2,(H2,17,24,25)(H2,18,19,21). The van der Waals surface area contributed by atoms with E-state index in [9.17, 15) is 26.0 Å². The minimum Gasteiger partial charge on any atom is -0.337 e. The number of urea groups is 1. The molecule has 0 saturated carbocycles. The molecule has 2 aromatic carbocycles. The van der Waals surface area contributed by atoms with Crippen molar-refractivity contribution in [3.05, 3.63) is 54.3 Å². The highest BCUT2D eigenvalue weighted by atomic mass is 32.2. The fraction of sp³-hybridized carbons (Fsp3) is 0.133. The molecule has 0 fully saturated rings. The van der Waals surface area contributed by atoms with Crippen LogP contribution in [0.4, 0.5) is 20.6 Å². The smallest absolute Gasteiger partial charge is 0.319 e. The van der Waals surface area contributed by atoms with Crippen molar-refractivity contribution in [2.75, 3.05) is 22.3 Å². The van der Waals surface area contributed by atoms with Crippen molar-refractivity contribution in [1.29, 1.82) is 0 Å². The number of benzene rings is 2. The quantitative estimate of drug-likeness (QED) is 0.532. The maximum atomic E-state index is 12.8. The first-order valence-corrected chi connectivity index (χ1v) is 10.7. The fourth-order valence-corrected chi connectivity index (χ4v) is 3.43. The van der Waals surface area contributed by atoms with Crippen molar-refractivity contribution >= 4 is 37.5 Å². The molecule has 0 heterocycles. The van der Waals surface area contributed by atoms with E-state index in [0.717, 1.165) is 0 Å². The Morgan fingerprint density at radius 3 is 2.04 bits per heavy atom. The zero-order chi connectivity index (χ0) is 20.1. The molecule has 2 amide bonds. The van der Waals surface area contributed by atoms with Gasteiger partial charge in [-0.2, -0.15) is 0 Å². The Bertz CT molecular complexity index is 1010. The van der Waals surface area contributed by atoms with Crippen LogP contribution in [0, 0.1) is 5.82 Å². The van der Waals surface area contributed by atoms with E-state index in [1.807, 2.05) is 0 Å². The van der Waals surface area contributed by atoms with Crippen LogP contribution in [0.3, 0.4) is 0 Å². The van der Waals surface area contributed by atoms with E-state index < -0.39 is 37.6 Å². The molecule has 0 bridgehead atoms. The van der Waals surface area contributed by atoms with Crippen molar-refractivity contribution in [3.8, 4) is 0 Å². The number of primary sulfonamides is 1. The van der Waals surface area contributed by atoms with Gasteiger partial charge in [0.15, 0.2) is 0 Å². The molecule has 0 saturated heterocycles. The van der Waals surface area contributed by atoms with E-state index in [-0.39, 0.29) is 17.1 Å². The van der Waals surface area contributed by atoms with Gasteiger partial charge in [-0.25, -0.2) is 31.2 Å². The van der Waals surface area contributed by atoms with Crippen molar-refractivity contribution in [1.82, 2.24) is 5.32 Å². The molecule has 0 aromatic heterocycles. The first-order valence-electron chi connectivity index (χ1n) is 7.49. The van der Waals surface area contributed by atoms with Gasteiger partial charge in [-0.15, -0.1) is 0 Å². The molecular weight excluding hydrogens is 399 g/mol. The van der Waals surface area contributed by atoms with Crippen LogP contribution in [0.15, 0.2) is 53.4 Å². The average molecular weight is 416 g/mol. The van der Waals surface area contributed by atoms with Gasteiger partial charge in [0.05, 0.1) is 10.6 Å². The Labute approximate surface area is 155 Å². The van der Waals surface area contributed by atoms with Crippen LogP contribution in [-0.4, -0.2) is 35.2 Å². The molecule has 5 N–H and O–H groups in total. The molecule has 0 aliphatic heterocycles. The summed E-state index contributed by atoms with van der Waals surface area (Å²) in [5.74, 6) is -0.865. The van der Waals surface area contributed by atoms with Crippen molar-refractivity contribution in [3.63, 3.8) is 0 Å². The van der Waals surface area contributed by atoms with Gasteiger partial charge >= 0.3 is 6.03 Å². The van der Waals surface area contributed by atoms with Crippen LogP contribution in [0.2, 0.25) is 0 Å². The summed E-state index contributed by atoms with van der Waals surface area (Å²) in [6.07, 6.45) is 0. The highest BCUT2D eigenvalue weighted by Crippen LogP contribution is 2.14. The van der Waals surface area contributed by atoms with Gasteiger partial charge in [-0.3, -0.25) is 4.72 Å². The van der Waals surface area contributed by atoms with Gasteiger partial charge in [0.2, 0.25) is 20.0 Å². The molecule has 27 heavy (non-hydrogen) atoms. The highest BCUT2D eigenvalue weighted by molar-refractivity contribution is 7.92. The molecule has 12 heteroatoms. The van der Waals surface area contributed by atoms with Crippen LogP contribution >= 0.6 is 0 Å². The number of rotatable bonds is 7. The molecule has 9 nitrogen and oxygen atoms in total. The summed E-state index contributed by atoms with van der Waals surface area (Å²) < 4.78 is 61.3. The van der Waals surface area contributed by atoms with Crippen LogP contribution < -0.4 is 20.5 Å². The monoisotopic (exact) mass is 416 g/mol. The zero-order valence-corrected chi connectivity index (χ0v) is 15.5. The van der Waals surface area contributed by atoms with E-state index in [4.69, 9.17) is 5.14 Å². The highest BCUT2D eigenvalue weighted by Gasteiger charge is 2.13. The average Bonchev–Trinajstić information content (AvgIpc) is 2.56. The maximum Gasteiger partial charge on any atom is 0.319 e. The number of sulfonamides is 2. The third kappa shape index (κ3) is 6.84. The molecule has 0 spiro atoms. The fourth-order valence-electron chi connectivity index (χ4n) is 1.95. The van der Waals surface area contributed by atoms with Gasteiger partial charge in [0.1, 0.15) is 5.82 Å². The lowest BCUT2D eigenvalue weighted by Crippen LogP contribution is -2.34. The summed E-state index contributed by atoms with van der Waals surface area (Å²) in [5, 5.41) is 9.74. The lowest BCUT2D eigenvalue weighted by Gasteiger charge is -2.10. The van der Waals surface area contributed by atoms with E-state index in [0.29, 0.717) is 5.69 Å². The molecule has 2 rings (SSSR count). The number of nitrogens with two attached hydrogens (primary N) is 1. The molecular formula is C15H17FN4O5S2. The summed E-state index contributed by atoms with van der Waals surface area (Å²) in [4.78, 5) is 11.5. The third-order valence-electron chi connectivity index (χ3n) is 3.21. The third-order valence-corrected chi connectivity index (χ3v) is 5.43. The maximum absolute atomic E-state index is 12.8. The van der Waals surface area contributed by atoms with E-state index >= 15 is 0 Å². The van der Waals surface area contributed by atoms with Gasteiger partial charge in [-0.05, 0) is 48.5 Å². The predicted octanol–water partition coefficient (Wildman–Crippen LogP) is 1.04. The Hall–Kier alpha value is -2.70. The Morgan fingerprint density at radius 1 is 0.926 bits per heavy atom. The Balaban J connectivity index is 1.83. The first-order chi connectivity index (χ1) is 12.5. The summed E-state index contributed by atoms with van der Waals surface area (Å²) >= 11 is 0. The van der Waals surface area contributed by atoms with Gasteiger partial charge in [0.25, 0.3) is 0 Å². The predicted molar refractivity (Wildman–Crippen MR) is 98.6 cm³/mol. The van der Waals surface area contributed by atoms with E-state index in [2.05, 4.69) is 15.4 Å². The number of amides is 2. The minimum atomic E-state index is -3.87. The van der Waals surface area contributed by atoms with Gasteiger partial charge in [-0.1, -0.05) is 0 Å². The molecule has 0 atom stereocenters. The summed E-state index contributed by atoms with van der Waals surface area (Å²) in [6, 6.07) is 9.27. The van der Waals surface area contributed by atoms with Crippen LogP contribution in [-0.2, 0) is 20.0 Å². The normalized spacial score (nSPS) is 11.6. The molecule has 0 unspecified atom stereocenters. The first kappa shape index (κ1) is 20.6. The minimum absolute atomic E-state index is 0.149. The number of hydrogen-bond donors (Lipinski definition) is 4. The second-order valence-electron chi connectivity index (χ2n) is 5.38. The van der Waals surface area contributed by atoms with Crippen LogP contribution in [0.5, 0.6) is 0 Å². The number of anilines is 2. The summed E-state index contributed by atoms with van der Waals surface area (Å²) in [5.41, 5.74) is 0.503. The van der Waals surface area contributed by atoms with E-state index in [1.165, 1.54) is 48.5 Å². The van der Waals surface area contributed by atoms with Gasteiger partial charge < -0.3 is 10.6 Å². The summed E-state index contributed by atoms with van der Waals surface area (Å²) in [7, 11) is -7.65. The zero-order valence-electron chi connectivity index (χ0n) is 13.8. The topological polar surface area (TPSA) is 147 Å². The van der Waals surface area contributed by atoms with Crippen LogP contribution in [0.25, 0.3) is 0 Å². The lowest BCUT2D eigenvalue weighted by atomic mass is 10.3. The van der Waals surface area contributed by atoms with Crippen molar-refractivity contribution < 1.29 is 26.0 Å². The number of nitrogens with one attached hydrogen (secondary N) is 3. The number of carbonyl (C=O) groups is 1. The summed E-state index contributed by atoms with van der Waals surface area (Å²) in [6.45, 7) is -0.183. The second kappa shape index (κ2) is 8.33. The second-order valence-corrected chi connectivity index (χ2v) is 8.78. The molecule has 2 aromatic rings. The van der Waals surface area contributed by atoms with Gasteiger partial charge in [0, 0.05) is 17.9 Å². The lowest BCUT2D eigenvalue weighted by molar-refractivity contribution is 0.252. The largest absolute Gasteiger partial charge is 0.337 e. The molecule has 0 radical (unpaired) electrons.